The van der Waals surface area contributed by atoms with Crippen molar-refractivity contribution in [3.8, 4) is 5.75 Å². The van der Waals surface area contributed by atoms with Gasteiger partial charge in [-0.3, -0.25) is 5.41 Å². The quantitative estimate of drug-likeness (QED) is 0.617. The Hall–Kier alpha value is -1.55. The van der Waals surface area contributed by atoms with E-state index in [0.717, 1.165) is 37.5 Å². The third-order valence-corrected chi connectivity index (χ3v) is 3.18. The van der Waals surface area contributed by atoms with Crippen LogP contribution in [0, 0.1) is 5.41 Å². The van der Waals surface area contributed by atoms with Crippen LogP contribution in [0.15, 0.2) is 24.3 Å². The van der Waals surface area contributed by atoms with Crippen LogP contribution in [0.5, 0.6) is 5.75 Å². The fourth-order valence-electron chi connectivity index (χ4n) is 2.04. The maximum Gasteiger partial charge on any atom is 0.131 e. The zero-order valence-electron chi connectivity index (χ0n) is 10.4. The standard InChI is InChI=1S/C13H19N3O/c1-15-7-9-16(10-8-15)13(14)11-5-3-4-6-12(11)17-2/h3-6,14H,7-10H2,1-2H3. The first-order chi connectivity index (χ1) is 8.22. The van der Waals surface area contributed by atoms with Crippen molar-refractivity contribution >= 4 is 5.84 Å². The molecule has 0 radical (unpaired) electrons. The summed E-state index contributed by atoms with van der Waals surface area (Å²) in [5.74, 6) is 1.34. The molecule has 0 aliphatic carbocycles. The Labute approximate surface area is 102 Å². The maximum absolute atomic E-state index is 8.26. The summed E-state index contributed by atoms with van der Waals surface area (Å²) >= 11 is 0. The Morgan fingerprint density at radius 1 is 1.18 bits per heavy atom. The summed E-state index contributed by atoms with van der Waals surface area (Å²) in [5.41, 5.74) is 0.875. The Balaban J connectivity index is 2.14. The third-order valence-electron chi connectivity index (χ3n) is 3.18. The smallest absolute Gasteiger partial charge is 0.131 e. The third kappa shape index (κ3) is 2.58. The van der Waals surface area contributed by atoms with Gasteiger partial charge in [0.2, 0.25) is 0 Å². The number of nitrogens with one attached hydrogen (secondary N) is 1. The van der Waals surface area contributed by atoms with Crippen molar-refractivity contribution in [2.24, 2.45) is 0 Å². The minimum Gasteiger partial charge on any atom is -0.496 e. The molecule has 17 heavy (non-hydrogen) atoms. The summed E-state index contributed by atoms with van der Waals surface area (Å²) in [6.07, 6.45) is 0. The molecule has 4 heteroatoms. The Kier molecular flexibility index (Phi) is 3.64. The van der Waals surface area contributed by atoms with E-state index in [1.54, 1.807) is 7.11 Å². The van der Waals surface area contributed by atoms with Crippen molar-refractivity contribution in [1.29, 1.82) is 5.41 Å². The van der Waals surface area contributed by atoms with Gasteiger partial charge in [-0.1, -0.05) is 12.1 Å². The van der Waals surface area contributed by atoms with Crippen molar-refractivity contribution in [1.82, 2.24) is 9.80 Å². The summed E-state index contributed by atoms with van der Waals surface area (Å²) in [5, 5.41) is 8.26. The Morgan fingerprint density at radius 2 is 1.82 bits per heavy atom. The molecule has 0 atom stereocenters. The molecule has 1 aliphatic heterocycles. The van der Waals surface area contributed by atoms with Gasteiger partial charge in [0.15, 0.2) is 0 Å². The van der Waals surface area contributed by atoms with E-state index in [9.17, 15) is 0 Å². The number of para-hydroxylation sites is 1. The predicted molar refractivity (Wildman–Crippen MR) is 68.9 cm³/mol. The maximum atomic E-state index is 8.26. The lowest BCUT2D eigenvalue weighted by Gasteiger charge is -2.34. The second-order valence-corrected chi connectivity index (χ2v) is 4.34. The fraction of sp³-hybridized carbons (Fsp3) is 0.462. The molecule has 4 nitrogen and oxygen atoms in total. The molecule has 1 aromatic rings. The van der Waals surface area contributed by atoms with Crippen molar-refractivity contribution in [3.63, 3.8) is 0 Å². The number of hydrogen-bond acceptors (Lipinski definition) is 3. The van der Waals surface area contributed by atoms with Gasteiger partial charge in [-0.25, -0.2) is 0 Å². The first-order valence-electron chi connectivity index (χ1n) is 5.88. The largest absolute Gasteiger partial charge is 0.496 e. The van der Waals surface area contributed by atoms with E-state index in [-0.39, 0.29) is 0 Å². The van der Waals surface area contributed by atoms with E-state index < -0.39 is 0 Å². The van der Waals surface area contributed by atoms with Crippen LogP contribution in [0.25, 0.3) is 0 Å². The van der Waals surface area contributed by atoms with Gasteiger partial charge in [0.25, 0.3) is 0 Å². The van der Waals surface area contributed by atoms with E-state index in [1.807, 2.05) is 24.3 Å². The first-order valence-corrected chi connectivity index (χ1v) is 5.88. The molecule has 92 valence electrons. The van der Waals surface area contributed by atoms with Crippen LogP contribution < -0.4 is 4.74 Å². The molecule has 1 saturated heterocycles. The van der Waals surface area contributed by atoms with Gasteiger partial charge in [-0.15, -0.1) is 0 Å². The molecule has 0 aromatic heterocycles. The number of hydrogen-bond donors (Lipinski definition) is 1. The van der Waals surface area contributed by atoms with Crippen LogP contribution in [0.2, 0.25) is 0 Å². The average Bonchev–Trinajstić information content (AvgIpc) is 2.39. The first kappa shape index (κ1) is 11.9. The molecular formula is C13H19N3O. The number of likely N-dealkylation sites (N-methyl/N-ethyl adjacent to an activating group) is 1. The fourth-order valence-corrected chi connectivity index (χ4v) is 2.04. The monoisotopic (exact) mass is 233 g/mol. The van der Waals surface area contributed by atoms with E-state index in [0.29, 0.717) is 5.84 Å². The highest BCUT2D eigenvalue weighted by Crippen LogP contribution is 2.19. The molecule has 0 bridgehead atoms. The van der Waals surface area contributed by atoms with Crippen molar-refractivity contribution < 1.29 is 4.74 Å². The molecule has 1 N–H and O–H groups in total. The number of nitrogens with zero attached hydrogens (tertiary/aromatic N) is 2. The summed E-state index contributed by atoms with van der Waals surface area (Å²) < 4.78 is 5.30. The minimum absolute atomic E-state index is 0.565. The lowest BCUT2D eigenvalue weighted by molar-refractivity contribution is 0.215. The van der Waals surface area contributed by atoms with E-state index in [2.05, 4.69) is 16.8 Å². The van der Waals surface area contributed by atoms with Crippen molar-refractivity contribution in [3.05, 3.63) is 29.8 Å². The minimum atomic E-state index is 0.565. The van der Waals surface area contributed by atoms with Gasteiger partial charge in [0.1, 0.15) is 11.6 Å². The molecule has 0 spiro atoms. The molecule has 1 aromatic carbocycles. The van der Waals surface area contributed by atoms with E-state index in [4.69, 9.17) is 10.1 Å². The van der Waals surface area contributed by atoms with Gasteiger partial charge in [-0.2, -0.15) is 0 Å². The zero-order chi connectivity index (χ0) is 12.3. The molecular weight excluding hydrogens is 214 g/mol. The summed E-state index contributed by atoms with van der Waals surface area (Å²) in [6.45, 7) is 3.84. The predicted octanol–water partition coefficient (Wildman–Crippen LogP) is 1.27. The van der Waals surface area contributed by atoms with Gasteiger partial charge >= 0.3 is 0 Å². The normalized spacial score (nSPS) is 16.9. The second kappa shape index (κ2) is 5.19. The summed E-state index contributed by atoms with van der Waals surface area (Å²) in [7, 11) is 3.76. The van der Waals surface area contributed by atoms with Crippen LogP contribution >= 0.6 is 0 Å². The summed E-state index contributed by atoms with van der Waals surface area (Å²) in [6, 6.07) is 7.72. The highest BCUT2D eigenvalue weighted by molar-refractivity contribution is 5.99. The molecule has 0 unspecified atom stereocenters. The lowest BCUT2D eigenvalue weighted by atomic mass is 10.1. The molecule has 1 fully saturated rings. The summed E-state index contributed by atoms with van der Waals surface area (Å²) in [4.78, 5) is 4.39. The van der Waals surface area contributed by atoms with Gasteiger partial charge in [0, 0.05) is 26.2 Å². The van der Waals surface area contributed by atoms with Gasteiger partial charge in [-0.05, 0) is 19.2 Å². The number of piperazine rings is 1. The molecule has 2 rings (SSSR count). The van der Waals surface area contributed by atoms with Crippen LogP contribution in [0.1, 0.15) is 5.56 Å². The topological polar surface area (TPSA) is 39.6 Å². The van der Waals surface area contributed by atoms with E-state index >= 15 is 0 Å². The van der Waals surface area contributed by atoms with Gasteiger partial charge in [0.05, 0.1) is 12.7 Å². The number of methoxy groups -OCH3 is 1. The highest BCUT2D eigenvalue weighted by atomic mass is 16.5. The van der Waals surface area contributed by atoms with Gasteiger partial charge < -0.3 is 14.5 Å². The molecule has 0 amide bonds. The van der Waals surface area contributed by atoms with Crippen LogP contribution in [0.4, 0.5) is 0 Å². The number of amidine groups is 1. The Morgan fingerprint density at radius 3 is 2.47 bits per heavy atom. The number of rotatable bonds is 2. The van der Waals surface area contributed by atoms with E-state index in [1.165, 1.54) is 0 Å². The van der Waals surface area contributed by atoms with Crippen molar-refractivity contribution in [2.45, 2.75) is 0 Å². The zero-order valence-corrected chi connectivity index (χ0v) is 10.4. The number of benzene rings is 1. The average molecular weight is 233 g/mol. The molecule has 1 aliphatic rings. The second-order valence-electron chi connectivity index (χ2n) is 4.34. The SMILES string of the molecule is COc1ccccc1C(=N)N1CCN(C)CC1. The highest BCUT2D eigenvalue weighted by Gasteiger charge is 2.19. The van der Waals surface area contributed by atoms with Crippen molar-refractivity contribution in [2.75, 3.05) is 40.3 Å². The van der Waals surface area contributed by atoms with Crippen LogP contribution in [0.3, 0.4) is 0 Å². The number of ether oxygens (including phenoxy) is 1. The van der Waals surface area contributed by atoms with Crippen LogP contribution in [-0.2, 0) is 0 Å². The van der Waals surface area contributed by atoms with Crippen LogP contribution in [-0.4, -0.2) is 56.0 Å². The Bertz CT molecular complexity index is 397. The lowest BCUT2D eigenvalue weighted by Crippen LogP contribution is -2.47. The molecule has 0 saturated carbocycles. The molecule has 1 heterocycles.